The van der Waals surface area contributed by atoms with Crippen molar-refractivity contribution in [2.75, 3.05) is 6.73 Å². The number of esters is 1. The summed E-state index contributed by atoms with van der Waals surface area (Å²) in [6.45, 7) is 16.2. The average Bonchev–Trinajstić information content (AvgIpc) is 2.83. The van der Waals surface area contributed by atoms with Gasteiger partial charge in [0.05, 0.1) is 5.69 Å². The Balaban J connectivity index is -0.000000364. The first-order valence-corrected chi connectivity index (χ1v) is 8.65. The Bertz CT molecular complexity index is 589. The zero-order chi connectivity index (χ0) is 23.8. The SMILES string of the molecule is CC.CC(O)C(=O)OCN(Cc1ccc[c-]n1)Cc1ccccn1.[CH-]=O.[CH-]=O.[CH-]=O.[Re]. The Morgan fingerprint density at radius 3 is 2.06 bits per heavy atom. The van der Waals surface area contributed by atoms with Crippen LogP contribution < -0.4 is 0 Å². The van der Waals surface area contributed by atoms with Gasteiger partial charge in [-0.05, 0) is 25.6 Å². The molecule has 1 atom stereocenters. The Morgan fingerprint density at radius 2 is 1.61 bits per heavy atom. The van der Waals surface area contributed by atoms with Gasteiger partial charge in [0, 0.05) is 33.2 Å². The van der Waals surface area contributed by atoms with Gasteiger partial charge in [-0.1, -0.05) is 31.8 Å². The van der Waals surface area contributed by atoms with Gasteiger partial charge in [0.2, 0.25) is 0 Å². The van der Waals surface area contributed by atoms with Crippen molar-refractivity contribution in [1.82, 2.24) is 14.9 Å². The normalized spacial score (nSPS) is 9.19. The number of aliphatic hydroxyl groups is 1. The van der Waals surface area contributed by atoms with Gasteiger partial charge in [0.25, 0.3) is 0 Å². The summed E-state index contributed by atoms with van der Waals surface area (Å²) < 4.78 is 5.08. The molecule has 0 saturated carbocycles. The molecule has 173 valence electrons. The van der Waals surface area contributed by atoms with Crippen LogP contribution in [0.3, 0.4) is 0 Å². The molecule has 0 fully saturated rings. The maximum absolute atomic E-state index is 11.4. The van der Waals surface area contributed by atoms with Crippen LogP contribution >= 0.6 is 0 Å². The summed E-state index contributed by atoms with van der Waals surface area (Å²) >= 11 is 0. The Morgan fingerprint density at radius 1 is 1.06 bits per heavy atom. The van der Waals surface area contributed by atoms with E-state index < -0.39 is 12.1 Å². The van der Waals surface area contributed by atoms with Crippen molar-refractivity contribution in [3.63, 3.8) is 0 Å². The minimum atomic E-state index is -1.14. The topological polar surface area (TPSA) is 127 Å². The number of ether oxygens (including phenoxy) is 1. The van der Waals surface area contributed by atoms with Crippen molar-refractivity contribution in [3.8, 4) is 0 Å². The third kappa shape index (κ3) is 19.1. The molecule has 2 aromatic rings. The molecule has 2 aromatic heterocycles. The fraction of sp³-hybridized carbons (Fsp3) is 0.333. The van der Waals surface area contributed by atoms with E-state index in [2.05, 4.69) is 36.5 Å². The molecule has 0 amide bonds. The largest absolute Gasteiger partial charge is 0.545 e. The summed E-state index contributed by atoms with van der Waals surface area (Å²) in [6.07, 6.45) is 3.35. The molecule has 0 bridgehead atoms. The molecule has 0 aromatic carbocycles. The third-order valence-corrected chi connectivity index (χ3v) is 2.90. The molecule has 1 unspecified atom stereocenters. The summed E-state index contributed by atoms with van der Waals surface area (Å²) in [5.74, 6) is -0.654. The van der Waals surface area contributed by atoms with Crippen LogP contribution in [-0.2, 0) is 57.4 Å². The molecular weight excluding hydrogens is 576 g/mol. The van der Waals surface area contributed by atoms with E-state index in [-0.39, 0.29) is 27.2 Å². The van der Waals surface area contributed by atoms with Crippen molar-refractivity contribution in [2.45, 2.75) is 40.0 Å². The van der Waals surface area contributed by atoms with Gasteiger partial charge in [-0.3, -0.25) is 30.3 Å². The Kier molecular flexibility index (Phi) is 31.6. The second-order valence-corrected chi connectivity index (χ2v) is 4.83. The van der Waals surface area contributed by atoms with Gasteiger partial charge in [-0.15, -0.1) is 0 Å². The number of aromatic nitrogens is 2. The average molecular weight is 604 g/mol. The second-order valence-electron chi connectivity index (χ2n) is 4.83. The summed E-state index contributed by atoms with van der Waals surface area (Å²) in [5, 5.41) is 9.19. The number of aliphatic hydroxyl groups excluding tert-OH is 1. The molecule has 10 heteroatoms. The number of pyridine rings is 2. The van der Waals surface area contributed by atoms with Crippen LogP contribution in [0.5, 0.6) is 0 Å². The van der Waals surface area contributed by atoms with Gasteiger partial charge < -0.3 is 29.2 Å². The van der Waals surface area contributed by atoms with Crippen LogP contribution in [0.2, 0.25) is 0 Å². The van der Waals surface area contributed by atoms with Gasteiger partial charge in [0.15, 0.2) is 0 Å². The van der Waals surface area contributed by atoms with Crippen LogP contribution in [0.25, 0.3) is 0 Å². The molecule has 0 aliphatic rings. The molecular formula is C21H27N3O6Re-4. The van der Waals surface area contributed by atoms with Gasteiger partial charge in [-0.2, -0.15) is 18.2 Å². The first kappa shape index (κ1) is 35.8. The number of hydrogen-bond acceptors (Lipinski definition) is 9. The van der Waals surface area contributed by atoms with Gasteiger partial charge >= 0.3 is 5.97 Å². The van der Waals surface area contributed by atoms with Crippen LogP contribution in [0, 0.1) is 6.20 Å². The standard InChI is InChI=1S/C16H18N3O3.C2H6.3CHO.Re/c1-13(20)16(21)22-12-19(10-14-6-2-4-8-17-14)11-15-7-3-5-9-18-15;4*1-2;/h2-8,13,20H,10-12H2,1H3;1-2H3;3*1H;/q-1;;3*-1;. The predicted molar refractivity (Wildman–Crippen MR) is 111 cm³/mol. The fourth-order valence-electron chi connectivity index (χ4n) is 1.82. The molecule has 0 saturated heterocycles. The van der Waals surface area contributed by atoms with Crippen LogP contribution in [0.15, 0.2) is 42.6 Å². The fourth-order valence-corrected chi connectivity index (χ4v) is 1.82. The number of hydrogen-bond donors (Lipinski definition) is 1. The van der Waals surface area contributed by atoms with E-state index in [9.17, 15) is 9.90 Å². The van der Waals surface area contributed by atoms with Gasteiger partial charge in [0.1, 0.15) is 12.8 Å². The minimum Gasteiger partial charge on any atom is -0.545 e. The van der Waals surface area contributed by atoms with Crippen molar-refractivity contribution >= 4 is 26.3 Å². The first-order valence-electron chi connectivity index (χ1n) is 8.65. The van der Waals surface area contributed by atoms with Crippen molar-refractivity contribution < 1.29 is 49.4 Å². The quantitative estimate of drug-likeness (QED) is 0.216. The number of carbonyl (C=O) groups excluding carboxylic acids is 4. The zero-order valence-corrected chi connectivity index (χ0v) is 20.4. The van der Waals surface area contributed by atoms with E-state index in [1.54, 1.807) is 12.3 Å². The monoisotopic (exact) mass is 604 g/mol. The third-order valence-electron chi connectivity index (χ3n) is 2.90. The maximum Gasteiger partial charge on any atom is 0.335 e. The summed E-state index contributed by atoms with van der Waals surface area (Å²) in [5.41, 5.74) is 1.67. The molecule has 31 heavy (non-hydrogen) atoms. The predicted octanol–water partition coefficient (Wildman–Crippen LogP) is 1.36. The van der Waals surface area contributed by atoms with Crippen molar-refractivity contribution in [3.05, 3.63) is 60.2 Å². The molecule has 0 aliphatic heterocycles. The molecule has 1 radical (unpaired) electrons. The molecule has 0 spiro atoms. The molecule has 9 nitrogen and oxygen atoms in total. The van der Waals surface area contributed by atoms with E-state index in [1.807, 2.05) is 49.1 Å². The van der Waals surface area contributed by atoms with Gasteiger partial charge in [-0.25, -0.2) is 4.79 Å². The zero-order valence-electron chi connectivity index (χ0n) is 17.7. The minimum absolute atomic E-state index is 0. The van der Waals surface area contributed by atoms with E-state index >= 15 is 0 Å². The van der Waals surface area contributed by atoms with Crippen molar-refractivity contribution in [2.24, 2.45) is 0 Å². The number of rotatable bonds is 7. The Hall–Kier alpha value is -2.64. The first-order chi connectivity index (χ1) is 14.6. The smallest absolute Gasteiger partial charge is 0.335 e. The van der Waals surface area contributed by atoms with Crippen LogP contribution in [0.1, 0.15) is 32.2 Å². The van der Waals surface area contributed by atoms with E-state index in [0.29, 0.717) is 13.1 Å². The van der Waals surface area contributed by atoms with E-state index in [0.717, 1.165) is 11.4 Å². The molecule has 0 aliphatic carbocycles. The van der Waals surface area contributed by atoms with E-state index in [1.165, 1.54) is 6.92 Å². The molecule has 1 N–H and O–H groups in total. The summed E-state index contributed by atoms with van der Waals surface area (Å²) in [4.78, 5) is 44.9. The Labute approximate surface area is 197 Å². The van der Waals surface area contributed by atoms with Crippen LogP contribution in [0.4, 0.5) is 0 Å². The summed E-state index contributed by atoms with van der Waals surface area (Å²) in [7, 11) is 0. The number of carbonyl (C=O) groups is 1. The number of nitrogens with zero attached hydrogens (tertiary/aromatic N) is 3. The second kappa shape index (κ2) is 27.4. The van der Waals surface area contributed by atoms with E-state index in [4.69, 9.17) is 19.1 Å². The summed E-state index contributed by atoms with van der Waals surface area (Å²) in [6, 6.07) is 11.1. The molecule has 2 heterocycles. The van der Waals surface area contributed by atoms with Crippen LogP contribution in [-0.4, -0.2) is 59.1 Å². The van der Waals surface area contributed by atoms with Crippen molar-refractivity contribution in [1.29, 1.82) is 0 Å². The maximum atomic E-state index is 11.4. The molecule has 2 rings (SSSR count).